The minimum atomic E-state index is 0.738. The molecule has 0 atom stereocenters. The lowest BCUT2D eigenvalue weighted by Gasteiger charge is -2.14. The molecule has 2 N–H and O–H groups in total. The Balaban J connectivity index is 2.20. The highest BCUT2D eigenvalue weighted by molar-refractivity contribution is 7.77. The average molecular weight is 210 g/mol. The third-order valence-electron chi connectivity index (χ3n) is 2.12. The Bertz CT molecular complexity index is 238. The molecule has 0 saturated carbocycles. The maximum Gasteiger partial charge on any atom is 0.0127 e. The molecule has 0 radical (unpaired) electrons. The van der Waals surface area contributed by atoms with Gasteiger partial charge >= 0.3 is 0 Å². The van der Waals surface area contributed by atoms with Crippen LogP contribution in [-0.2, 0) is 6.42 Å². The number of nitrogens with zero attached hydrogens (tertiary/aromatic N) is 1. The predicted molar refractivity (Wildman–Crippen MR) is 64.4 cm³/mol. The monoisotopic (exact) mass is 210 g/mol. The van der Waals surface area contributed by atoms with E-state index >= 15 is 0 Å². The van der Waals surface area contributed by atoms with Gasteiger partial charge in [-0.2, -0.15) is 0 Å². The lowest BCUT2D eigenvalue weighted by atomic mass is 10.1. The van der Waals surface area contributed by atoms with Crippen LogP contribution in [0.1, 0.15) is 12.0 Å². The van der Waals surface area contributed by atoms with E-state index in [1.54, 1.807) is 0 Å². The Labute approximate surface area is 91.6 Å². The summed E-state index contributed by atoms with van der Waals surface area (Å²) >= 11 is 4.37. The first-order chi connectivity index (χ1) is 6.83. The molecular formula is C11H18N2S. The van der Waals surface area contributed by atoms with Crippen molar-refractivity contribution in [3.63, 3.8) is 0 Å². The summed E-state index contributed by atoms with van der Waals surface area (Å²) in [6.45, 7) is 2.68. The van der Waals surface area contributed by atoms with Gasteiger partial charge in [-0.25, -0.2) is 0 Å². The summed E-state index contributed by atoms with van der Waals surface area (Å²) in [7, 11) is 0. The molecule has 0 aromatic heterocycles. The van der Waals surface area contributed by atoms with Crippen molar-refractivity contribution in [1.82, 2.24) is 4.31 Å². The largest absolute Gasteiger partial charge is 0.330 e. The fourth-order valence-corrected chi connectivity index (χ4v) is 1.53. The van der Waals surface area contributed by atoms with Gasteiger partial charge in [0, 0.05) is 13.1 Å². The second kappa shape index (κ2) is 6.87. The Hall–Kier alpha value is -0.510. The zero-order valence-corrected chi connectivity index (χ0v) is 9.29. The number of rotatable bonds is 6. The third-order valence-corrected chi connectivity index (χ3v) is 2.52. The molecule has 0 amide bonds. The van der Waals surface area contributed by atoms with Gasteiger partial charge in [0.2, 0.25) is 0 Å². The maximum absolute atomic E-state index is 5.42. The topological polar surface area (TPSA) is 29.3 Å². The van der Waals surface area contributed by atoms with E-state index in [0.717, 1.165) is 32.5 Å². The summed E-state index contributed by atoms with van der Waals surface area (Å²) in [4.78, 5) is 0. The van der Waals surface area contributed by atoms with Crippen LogP contribution < -0.4 is 5.73 Å². The maximum atomic E-state index is 5.42. The van der Waals surface area contributed by atoms with E-state index in [1.165, 1.54) is 5.56 Å². The van der Waals surface area contributed by atoms with Crippen LogP contribution >= 0.6 is 12.8 Å². The number of nitrogens with two attached hydrogens (primary N) is 1. The normalized spacial score (nSPS) is 10.8. The minimum absolute atomic E-state index is 0.738. The molecule has 1 rings (SSSR count). The van der Waals surface area contributed by atoms with Crippen LogP contribution in [0.3, 0.4) is 0 Å². The van der Waals surface area contributed by atoms with Crippen molar-refractivity contribution in [1.29, 1.82) is 0 Å². The first-order valence-corrected chi connectivity index (χ1v) is 5.40. The fourth-order valence-electron chi connectivity index (χ4n) is 1.29. The molecule has 0 saturated heterocycles. The van der Waals surface area contributed by atoms with E-state index in [9.17, 15) is 0 Å². The number of hydrogen-bond donors (Lipinski definition) is 2. The summed E-state index contributed by atoms with van der Waals surface area (Å²) in [5.41, 5.74) is 6.78. The third kappa shape index (κ3) is 4.65. The average Bonchev–Trinajstić information content (AvgIpc) is 2.25. The number of thiol groups is 1. The fraction of sp³-hybridized carbons (Fsp3) is 0.455. The van der Waals surface area contributed by atoms with E-state index < -0.39 is 0 Å². The van der Waals surface area contributed by atoms with Crippen molar-refractivity contribution in [2.45, 2.75) is 12.8 Å². The predicted octanol–water partition coefficient (Wildman–Crippen LogP) is 1.72. The molecule has 2 nitrogen and oxygen atoms in total. The van der Waals surface area contributed by atoms with Gasteiger partial charge in [0.05, 0.1) is 0 Å². The summed E-state index contributed by atoms with van der Waals surface area (Å²) in [5, 5.41) is 0. The molecule has 0 aliphatic rings. The second-order valence-electron chi connectivity index (χ2n) is 3.33. The van der Waals surface area contributed by atoms with Gasteiger partial charge in [-0.05, 0) is 24.9 Å². The highest BCUT2D eigenvalue weighted by atomic mass is 32.1. The van der Waals surface area contributed by atoms with Crippen LogP contribution in [0.25, 0.3) is 0 Å². The van der Waals surface area contributed by atoms with Gasteiger partial charge in [-0.15, -0.1) is 0 Å². The van der Waals surface area contributed by atoms with Gasteiger partial charge in [0.15, 0.2) is 0 Å². The number of hydrogen-bond acceptors (Lipinski definition) is 3. The Morgan fingerprint density at radius 1 is 1.14 bits per heavy atom. The van der Waals surface area contributed by atoms with E-state index in [1.807, 2.05) is 10.4 Å². The zero-order chi connectivity index (χ0) is 10.2. The van der Waals surface area contributed by atoms with Crippen LogP contribution in [0.4, 0.5) is 0 Å². The van der Waals surface area contributed by atoms with Crippen molar-refractivity contribution in [3.8, 4) is 0 Å². The molecule has 14 heavy (non-hydrogen) atoms. The first kappa shape index (κ1) is 11.6. The lowest BCUT2D eigenvalue weighted by molar-refractivity contribution is 0.472. The van der Waals surface area contributed by atoms with Crippen LogP contribution in [0.5, 0.6) is 0 Å². The highest BCUT2D eigenvalue weighted by Gasteiger charge is 1.98. The smallest absolute Gasteiger partial charge is 0.0127 e. The minimum Gasteiger partial charge on any atom is -0.330 e. The van der Waals surface area contributed by atoms with Gasteiger partial charge in [-0.3, -0.25) is 4.31 Å². The van der Waals surface area contributed by atoms with E-state index in [0.29, 0.717) is 0 Å². The molecular weight excluding hydrogens is 192 g/mol. The summed E-state index contributed by atoms with van der Waals surface area (Å²) in [6.07, 6.45) is 2.06. The second-order valence-corrected chi connectivity index (χ2v) is 3.90. The molecule has 1 aromatic rings. The van der Waals surface area contributed by atoms with Gasteiger partial charge < -0.3 is 5.73 Å². The van der Waals surface area contributed by atoms with Crippen LogP contribution in [0.2, 0.25) is 0 Å². The molecule has 0 spiro atoms. The molecule has 78 valence electrons. The van der Waals surface area contributed by atoms with Crippen molar-refractivity contribution in [3.05, 3.63) is 35.9 Å². The van der Waals surface area contributed by atoms with Crippen LogP contribution in [0.15, 0.2) is 30.3 Å². The molecule has 0 fully saturated rings. The van der Waals surface area contributed by atoms with E-state index in [2.05, 4.69) is 37.1 Å². The summed E-state index contributed by atoms with van der Waals surface area (Å²) in [5.74, 6) is 0. The molecule has 0 aliphatic carbocycles. The van der Waals surface area contributed by atoms with Crippen molar-refractivity contribution in [2.24, 2.45) is 5.73 Å². The van der Waals surface area contributed by atoms with E-state index in [-0.39, 0.29) is 0 Å². The molecule has 0 heterocycles. The zero-order valence-electron chi connectivity index (χ0n) is 8.39. The standard InChI is InChI=1S/C11H18N2S/c12-8-4-9-13(14)10-7-11-5-2-1-3-6-11/h1-3,5-6,14H,4,7-10,12H2. The SMILES string of the molecule is NCCCN(S)CCc1ccccc1. The van der Waals surface area contributed by atoms with Crippen LogP contribution in [-0.4, -0.2) is 23.9 Å². The quantitative estimate of drug-likeness (QED) is 0.700. The summed E-state index contributed by atoms with van der Waals surface area (Å²) in [6, 6.07) is 10.5. The first-order valence-electron chi connectivity index (χ1n) is 5.00. The Morgan fingerprint density at radius 2 is 1.86 bits per heavy atom. The molecule has 3 heteroatoms. The molecule has 1 aromatic carbocycles. The van der Waals surface area contributed by atoms with Crippen molar-refractivity contribution >= 4 is 12.8 Å². The molecule has 0 unspecified atom stereocenters. The number of benzene rings is 1. The molecule has 0 bridgehead atoms. The van der Waals surface area contributed by atoms with Gasteiger partial charge in [-0.1, -0.05) is 43.1 Å². The van der Waals surface area contributed by atoms with Crippen molar-refractivity contribution in [2.75, 3.05) is 19.6 Å². The van der Waals surface area contributed by atoms with Gasteiger partial charge in [0.1, 0.15) is 0 Å². The van der Waals surface area contributed by atoms with Crippen molar-refractivity contribution < 1.29 is 0 Å². The van der Waals surface area contributed by atoms with Gasteiger partial charge in [0.25, 0.3) is 0 Å². The Kier molecular flexibility index (Phi) is 5.68. The molecule has 0 aliphatic heterocycles. The van der Waals surface area contributed by atoms with E-state index in [4.69, 9.17) is 5.73 Å². The highest BCUT2D eigenvalue weighted by Crippen LogP contribution is 2.03. The van der Waals surface area contributed by atoms with Crippen LogP contribution in [0, 0.1) is 0 Å². The lowest BCUT2D eigenvalue weighted by Crippen LogP contribution is -2.19. The summed E-state index contributed by atoms with van der Waals surface area (Å²) < 4.78 is 2.03. The Morgan fingerprint density at radius 3 is 2.50 bits per heavy atom.